The number of rotatable bonds is 6. The third-order valence-electron chi connectivity index (χ3n) is 2.67. The average molecular weight is 318 g/mol. The van der Waals surface area contributed by atoms with Gasteiger partial charge >= 0.3 is 5.97 Å². The van der Waals surface area contributed by atoms with Gasteiger partial charge in [-0.25, -0.2) is 0 Å². The van der Waals surface area contributed by atoms with Gasteiger partial charge in [-0.15, -0.1) is 0 Å². The number of esters is 1. The molecule has 0 aliphatic rings. The van der Waals surface area contributed by atoms with E-state index in [4.69, 9.17) is 27.9 Å². The number of nitrogens with one attached hydrogen (secondary N) is 1. The second-order valence-electron chi connectivity index (χ2n) is 4.26. The van der Waals surface area contributed by atoms with Crippen LogP contribution in [0.3, 0.4) is 0 Å². The van der Waals surface area contributed by atoms with Crippen molar-refractivity contribution in [2.75, 3.05) is 6.61 Å². The van der Waals surface area contributed by atoms with E-state index in [0.717, 1.165) is 5.56 Å². The molecule has 0 aliphatic carbocycles. The Labute approximate surface area is 128 Å². The van der Waals surface area contributed by atoms with Crippen molar-refractivity contribution in [1.82, 2.24) is 5.32 Å². The third-order valence-corrected chi connectivity index (χ3v) is 3.23. The van der Waals surface area contributed by atoms with Crippen LogP contribution in [0.15, 0.2) is 18.2 Å². The minimum absolute atomic E-state index is 0.0702. The van der Waals surface area contributed by atoms with Gasteiger partial charge in [0.05, 0.1) is 19.1 Å². The number of ether oxygens (including phenoxy) is 1. The van der Waals surface area contributed by atoms with Crippen LogP contribution in [0.2, 0.25) is 10.0 Å². The molecule has 0 fully saturated rings. The zero-order chi connectivity index (χ0) is 15.1. The summed E-state index contributed by atoms with van der Waals surface area (Å²) in [5.41, 5.74) is 0.778. The first kappa shape index (κ1) is 16.8. The van der Waals surface area contributed by atoms with Crippen LogP contribution in [0.4, 0.5) is 0 Å². The van der Waals surface area contributed by atoms with Gasteiger partial charge in [-0.05, 0) is 31.5 Å². The van der Waals surface area contributed by atoms with Crippen LogP contribution in [0, 0.1) is 0 Å². The van der Waals surface area contributed by atoms with Gasteiger partial charge in [0.1, 0.15) is 0 Å². The van der Waals surface area contributed by atoms with E-state index in [1.165, 1.54) is 0 Å². The Hall–Kier alpha value is -1.26. The molecule has 6 heteroatoms. The summed E-state index contributed by atoms with van der Waals surface area (Å²) in [6.45, 7) is 3.86. The molecule has 0 saturated carbocycles. The molecule has 0 bridgehead atoms. The van der Waals surface area contributed by atoms with Gasteiger partial charge in [0.2, 0.25) is 5.91 Å². The van der Waals surface area contributed by atoms with Crippen molar-refractivity contribution in [3.05, 3.63) is 33.8 Å². The van der Waals surface area contributed by atoms with Crippen molar-refractivity contribution in [2.24, 2.45) is 0 Å². The molecule has 1 aromatic carbocycles. The lowest BCUT2D eigenvalue weighted by molar-refractivity contribution is -0.144. The first-order chi connectivity index (χ1) is 9.43. The van der Waals surface area contributed by atoms with E-state index in [1.807, 2.05) is 6.92 Å². The zero-order valence-electron chi connectivity index (χ0n) is 11.4. The highest BCUT2D eigenvalue weighted by Crippen LogP contribution is 2.26. The van der Waals surface area contributed by atoms with Gasteiger partial charge < -0.3 is 10.1 Å². The number of carbonyl (C=O) groups is 2. The van der Waals surface area contributed by atoms with Crippen LogP contribution < -0.4 is 5.32 Å². The number of hydrogen-bond donors (Lipinski definition) is 1. The largest absolute Gasteiger partial charge is 0.466 e. The standard InChI is InChI=1S/C14H17Cl2NO3/c1-3-20-14(19)7-6-13(18)17-9(2)11-5-4-10(15)8-12(11)16/h4-5,8-9H,3,6-7H2,1-2H3,(H,17,18). The monoisotopic (exact) mass is 317 g/mol. The summed E-state index contributed by atoms with van der Waals surface area (Å²) >= 11 is 11.9. The maximum absolute atomic E-state index is 11.7. The first-order valence-electron chi connectivity index (χ1n) is 6.34. The van der Waals surface area contributed by atoms with Crippen LogP contribution >= 0.6 is 23.2 Å². The van der Waals surface area contributed by atoms with E-state index in [2.05, 4.69) is 5.32 Å². The summed E-state index contributed by atoms with van der Waals surface area (Å²) in [6, 6.07) is 4.85. The highest BCUT2D eigenvalue weighted by atomic mass is 35.5. The maximum atomic E-state index is 11.7. The summed E-state index contributed by atoms with van der Waals surface area (Å²) in [6.07, 6.45) is 0.162. The molecular weight excluding hydrogens is 301 g/mol. The quantitative estimate of drug-likeness (QED) is 0.817. The fraction of sp³-hybridized carbons (Fsp3) is 0.429. The van der Waals surface area contributed by atoms with E-state index >= 15 is 0 Å². The summed E-state index contributed by atoms with van der Waals surface area (Å²) in [5, 5.41) is 3.82. The molecule has 0 heterocycles. The smallest absolute Gasteiger partial charge is 0.306 e. The van der Waals surface area contributed by atoms with Crippen molar-refractivity contribution in [3.8, 4) is 0 Å². The lowest BCUT2D eigenvalue weighted by Crippen LogP contribution is -2.27. The Morgan fingerprint density at radius 2 is 2.00 bits per heavy atom. The summed E-state index contributed by atoms with van der Waals surface area (Å²) < 4.78 is 4.76. The van der Waals surface area contributed by atoms with Crippen LogP contribution in [-0.2, 0) is 14.3 Å². The Balaban J connectivity index is 2.51. The Bertz CT molecular complexity index is 491. The van der Waals surface area contributed by atoms with Crippen molar-refractivity contribution in [1.29, 1.82) is 0 Å². The molecule has 0 aliphatic heterocycles. The van der Waals surface area contributed by atoms with Crippen molar-refractivity contribution in [3.63, 3.8) is 0 Å². The van der Waals surface area contributed by atoms with Crippen LogP contribution in [0.5, 0.6) is 0 Å². The highest BCUT2D eigenvalue weighted by Gasteiger charge is 2.14. The van der Waals surface area contributed by atoms with Gasteiger partial charge in [-0.1, -0.05) is 29.3 Å². The second-order valence-corrected chi connectivity index (χ2v) is 5.10. The Kier molecular flexibility index (Phi) is 6.82. The fourth-order valence-electron chi connectivity index (χ4n) is 1.69. The van der Waals surface area contributed by atoms with Crippen LogP contribution in [0.25, 0.3) is 0 Å². The average Bonchev–Trinajstić information content (AvgIpc) is 2.36. The van der Waals surface area contributed by atoms with Crippen LogP contribution in [0.1, 0.15) is 38.3 Å². The molecule has 20 heavy (non-hydrogen) atoms. The minimum Gasteiger partial charge on any atom is -0.466 e. The van der Waals surface area contributed by atoms with E-state index in [9.17, 15) is 9.59 Å². The predicted molar refractivity (Wildman–Crippen MR) is 78.9 cm³/mol. The fourth-order valence-corrected chi connectivity index (χ4v) is 2.26. The first-order valence-corrected chi connectivity index (χ1v) is 7.09. The van der Waals surface area contributed by atoms with Gasteiger partial charge in [0.25, 0.3) is 0 Å². The lowest BCUT2D eigenvalue weighted by atomic mass is 10.1. The minimum atomic E-state index is -0.375. The number of halogens is 2. The number of hydrogen-bond acceptors (Lipinski definition) is 3. The molecule has 0 spiro atoms. The third kappa shape index (κ3) is 5.39. The molecule has 1 N–H and O–H groups in total. The normalized spacial score (nSPS) is 11.8. The zero-order valence-corrected chi connectivity index (χ0v) is 12.9. The molecule has 4 nitrogen and oxygen atoms in total. The summed E-state index contributed by atoms with van der Waals surface area (Å²) in [5.74, 6) is -0.601. The van der Waals surface area contributed by atoms with Gasteiger partial charge in [-0.3, -0.25) is 9.59 Å². The molecule has 0 radical (unpaired) electrons. The molecule has 1 unspecified atom stereocenters. The van der Waals surface area contributed by atoms with Gasteiger partial charge in [0.15, 0.2) is 0 Å². The number of carbonyl (C=O) groups excluding carboxylic acids is 2. The molecule has 1 atom stereocenters. The van der Waals surface area contributed by atoms with E-state index < -0.39 is 0 Å². The predicted octanol–water partition coefficient (Wildman–Crippen LogP) is 3.51. The van der Waals surface area contributed by atoms with E-state index in [-0.39, 0.29) is 30.8 Å². The van der Waals surface area contributed by atoms with Crippen molar-refractivity contribution >= 4 is 35.1 Å². The SMILES string of the molecule is CCOC(=O)CCC(=O)NC(C)c1ccc(Cl)cc1Cl. The van der Waals surface area contributed by atoms with E-state index in [1.54, 1.807) is 25.1 Å². The Morgan fingerprint density at radius 1 is 1.30 bits per heavy atom. The highest BCUT2D eigenvalue weighted by molar-refractivity contribution is 6.35. The summed E-state index contributed by atoms with van der Waals surface area (Å²) in [4.78, 5) is 22.9. The number of benzene rings is 1. The molecule has 110 valence electrons. The molecule has 0 aromatic heterocycles. The van der Waals surface area contributed by atoms with Crippen molar-refractivity contribution in [2.45, 2.75) is 32.7 Å². The maximum Gasteiger partial charge on any atom is 0.306 e. The molecular formula is C14H17Cl2NO3. The molecule has 1 amide bonds. The van der Waals surface area contributed by atoms with Gasteiger partial charge in [-0.2, -0.15) is 0 Å². The molecule has 0 saturated heterocycles. The Morgan fingerprint density at radius 3 is 2.60 bits per heavy atom. The van der Waals surface area contributed by atoms with Gasteiger partial charge in [0, 0.05) is 16.5 Å². The molecule has 1 rings (SSSR count). The summed E-state index contributed by atoms with van der Waals surface area (Å²) in [7, 11) is 0. The molecule has 1 aromatic rings. The van der Waals surface area contributed by atoms with Crippen molar-refractivity contribution < 1.29 is 14.3 Å². The van der Waals surface area contributed by atoms with E-state index in [0.29, 0.717) is 16.7 Å². The second kappa shape index (κ2) is 8.12. The lowest BCUT2D eigenvalue weighted by Gasteiger charge is -2.15. The van der Waals surface area contributed by atoms with Crippen LogP contribution in [-0.4, -0.2) is 18.5 Å². The topological polar surface area (TPSA) is 55.4 Å². The number of amides is 1.